The highest BCUT2D eigenvalue weighted by molar-refractivity contribution is 5.67. The number of hydrogen-bond acceptors (Lipinski definition) is 8. The van der Waals surface area contributed by atoms with Crippen molar-refractivity contribution >= 4 is 11.5 Å². The van der Waals surface area contributed by atoms with Crippen LogP contribution in [0.4, 0.5) is 20.3 Å². The van der Waals surface area contributed by atoms with Gasteiger partial charge in [0.1, 0.15) is 17.1 Å². The van der Waals surface area contributed by atoms with Gasteiger partial charge in [0.05, 0.1) is 32.0 Å². The van der Waals surface area contributed by atoms with E-state index in [9.17, 15) is 8.78 Å². The van der Waals surface area contributed by atoms with E-state index in [2.05, 4.69) is 38.0 Å². The third-order valence-electron chi connectivity index (χ3n) is 9.59. The number of nitrogens with zero attached hydrogens (tertiary/aromatic N) is 5. The lowest BCUT2D eigenvalue weighted by molar-refractivity contribution is -0.0960. The van der Waals surface area contributed by atoms with Crippen molar-refractivity contribution < 1.29 is 18.3 Å². The molecular formula is C29H38F2N6O2. The Morgan fingerprint density at radius 2 is 2.05 bits per heavy atom. The van der Waals surface area contributed by atoms with Crippen LogP contribution in [0.5, 0.6) is 0 Å². The van der Waals surface area contributed by atoms with Crippen LogP contribution in [-0.2, 0) is 21.5 Å². The maximum absolute atomic E-state index is 14.4. The van der Waals surface area contributed by atoms with Gasteiger partial charge < -0.3 is 24.6 Å². The van der Waals surface area contributed by atoms with Gasteiger partial charge in [0.2, 0.25) is 0 Å². The molecule has 2 aromatic heterocycles. The molecule has 3 unspecified atom stereocenters. The van der Waals surface area contributed by atoms with Crippen molar-refractivity contribution in [3.63, 3.8) is 0 Å². The molecule has 7 heterocycles. The van der Waals surface area contributed by atoms with E-state index in [4.69, 9.17) is 14.5 Å². The van der Waals surface area contributed by atoms with Crippen molar-refractivity contribution in [1.29, 1.82) is 0 Å². The lowest BCUT2D eigenvalue weighted by Gasteiger charge is -2.55. The van der Waals surface area contributed by atoms with Gasteiger partial charge in [0.15, 0.2) is 0 Å². The van der Waals surface area contributed by atoms with Gasteiger partial charge >= 0.3 is 0 Å². The summed E-state index contributed by atoms with van der Waals surface area (Å²) in [5.41, 5.74) is 4.47. The average Bonchev–Trinajstić information content (AvgIpc) is 3.04. The number of anilines is 2. The Bertz CT molecular complexity index is 1230. The standard InChI is InChI=1S/C29H38F2N6O2/c1-18-6-7-33-26-19(14-38-2)15-39-29(25(18)26)16-36(17-29)24-12-22-20(27(34-24)28(30)31)4-3-5-21-23(13-37(21)22)35-10-8-32-9-11-35/h6-7,12,19,21,23,28,32H,3-5,8-11,13-17H2,1-2H3. The zero-order valence-electron chi connectivity index (χ0n) is 22.8. The Balaban J connectivity index is 1.18. The Morgan fingerprint density at radius 3 is 2.82 bits per heavy atom. The number of nitrogens with one attached hydrogen (secondary N) is 1. The molecule has 5 aliphatic rings. The van der Waals surface area contributed by atoms with Crippen molar-refractivity contribution in [3.05, 3.63) is 46.4 Å². The normalized spacial score (nSPS) is 27.9. The quantitative estimate of drug-likeness (QED) is 0.621. The smallest absolute Gasteiger partial charge is 0.280 e. The molecule has 3 fully saturated rings. The topological polar surface area (TPSA) is 66.0 Å². The summed E-state index contributed by atoms with van der Waals surface area (Å²) in [6.45, 7) is 9.40. The predicted octanol–water partition coefficient (Wildman–Crippen LogP) is 3.00. The van der Waals surface area contributed by atoms with E-state index in [0.29, 0.717) is 50.6 Å². The van der Waals surface area contributed by atoms with Crippen molar-refractivity contribution in [2.45, 2.75) is 56.2 Å². The van der Waals surface area contributed by atoms with Gasteiger partial charge in [0, 0.05) is 86.9 Å². The summed E-state index contributed by atoms with van der Waals surface area (Å²) in [4.78, 5) is 16.4. The van der Waals surface area contributed by atoms with Gasteiger partial charge in [-0.3, -0.25) is 9.88 Å². The van der Waals surface area contributed by atoms with Crippen LogP contribution in [0.2, 0.25) is 0 Å². The molecule has 0 aromatic carbocycles. The molecule has 7 rings (SSSR count). The number of aryl methyl sites for hydroxylation is 1. The number of methoxy groups -OCH3 is 1. The second kappa shape index (κ2) is 9.90. The van der Waals surface area contributed by atoms with E-state index in [1.807, 2.05) is 12.3 Å². The number of aromatic nitrogens is 2. The number of fused-ring (bicyclic) bond motifs is 5. The molecule has 2 aromatic rings. The Morgan fingerprint density at radius 1 is 1.23 bits per heavy atom. The molecule has 0 aliphatic carbocycles. The zero-order valence-corrected chi connectivity index (χ0v) is 22.8. The van der Waals surface area contributed by atoms with E-state index in [1.165, 1.54) is 0 Å². The second-order valence-electron chi connectivity index (χ2n) is 11.8. The fourth-order valence-corrected chi connectivity index (χ4v) is 7.64. The van der Waals surface area contributed by atoms with Crippen molar-refractivity contribution in [2.24, 2.45) is 0 Å². The molecule has 10 heteroatoms. The molecule has 1 N–H and O–H groups in total. The van der Waals surface area contributed by atoms with Crippen LogP contribution in [0.15, 0.2) is 18.3 Å². The molecule has 8 nitrogen and oxygen atoms in total. The number of rotatable bonds is 5. The van der Waals surface area contributed by atoms with Crippen molar-refractivity contribution in [1.82, 2.24) is 20.2 Å². The number of ether oxygens (including phenoxy) is 2. The van der Waals surface area contributed by atoms with Crippen molar-refractivity contribution in [2.75, 3.05) is 75.9 Å². The van der Waals surface area contributed by atoms with E-state index in [1.54, 1.807) is 7.11 Å². The highest BCUT2D eigenvalue weighted by Crippen LogP contribution is 2.48. The van der Waals surface area contributed by atoms with Crippen LogP contribution in [0, 0.1) is 6.92 Å². The fourth-order valence-electron chi connectivity index (χ4n) is 7.64. The summed E-state index contributed by atoms with van der Waals surface area (Å²) >= 11 is 0. The van der Waals surface area contributed by atoms with E-state index in [0.717, 1.165) is 73.6 Å². The van der Waals surface area contributed by atoms with E-state index >= 15 is 0 Å². The number of pyridine rings is 2. The Hall–Kier alpha value is -2.40. The van der Waals surface area contributed by atoms with Gasteiger partial charge in [-0.15, -0.1) is 0 Å². The summed E-state index contributed by atoms with van der Waals surface area (Å²) in [6.07, 6.45) is 1.88. The minimum absolute atomic E-state index is 0.0438. The summed E-state index contributed by atoms with van der Waals surface area (Å²) in [7, 11) is 1.70. The number of alkyl halides is 2. The summed E-state index contributed by atoms with van der Waals surface area (Å²) < 4.78 is 40.8. The van der Waals surface area contributed by atoms with E-state index < -0.39 is 12.0 Å². The Labute approximate surface area is 228 Å². The van der Waals surface area contributed by atoms with Crippen LogP contribution >= 0.6 is 0 Å². The molecule has 210 valence electrons. The molecule has 0 radical (unpaired) electrons. The first-order valence-corrected chi connectivity index (χ1v) is 14.4. The molecule has 39 heavy (non-hydrogen) atoms. The third kappa shape index (κ3) is 4.13. The first-order valence-electron chi connectivity index (χ1n) is 14.4. The largest absolute Gasteiger partial charge is 0.384 e. The molecule has 5 aliphatic heterocycles. The zero-order chi connectivity index (χ0) is 26.7. The highest BCUT2D eigenvalue weighted by Gasteiger charge is 2.52. The highest BCUT2D eigenvalue weighted by atomic mass is 19.3. The number of hydrogen-bond donors (Lipinski definition) is 1. The third-order valence-corrected chi connectivity index (χ3v) is 9.59. The SMILES string of the molecule is COCC1COC2(CN(c3cc4c(c(C(F)F)n3)CCCC3C(N5CCNCC5)CN43)C2)c2c(C)ccnc21. The number of piperazine rings is 1. The molecule has 0 bridgehead atoms. The van der Waals surface area contributed by atoms with Gasteiger partial charge in [-0.1, -0.05) is 0 Å². The van der Waals surface area contributed by atoms with Gasteiger partial charge in [-0.25, -0.2) is 13.8 Å². The van der Waals surface area contributed by atoms with Crippen molar-refractivity contribution in [3.8, 4) is 0 Å². The Kier molecular flexibility index (Phi) is 6.49. The monoisotopic (exact) mass is 540 g/mol. The molecule has 0 amide bonds. The molecule has 3 saturated heterocycles. The van der Waals surface area contributed by atoms with Gasteiger partial charge in [-0.2, -0.15) is 0 Å². The lowest BCUT2D eigenvalue weighted by Crippen LogP contribution is -2.69. The molecule has 1 spiro atoms. The minimum atomic E-state index is -2.59. The second-order valence-corrected chi connectivity index (χ2v) is 11.8. The van der Waals surface area contributed by atoms with Crippen LogP contribution in [0.25, 0.3) is 0 Å². The maximum atomic E-state index is 14.4. The van der Waals surface area contributed by atoms with Crippen LogP contribution in [-0.4, -0.2) is 93.1 Å². The van der Waals surface area contributed by atoms with Gasteiger partial charge in [0.25, 0.3) is 6.43 Å². The van der Waals surface area contributed by atoms with Crippen LogP contribution in [0.1, 0.15) is 53.3 Å². The predicted molar refractivity (Wildman–Crippen MR) is 145 cm³/mol. The van der Waals surface area contributed by atoms with E-state index in [-0.39, 0.29) is 11.6 Å². The fraction of sp³-hybridized carbons (Fsp3) is 0.655. The van der Waals surface area contributed by atoms with Crippen LogP contribution < -0.4 is 15.1 Å². The summed E-state index contributed by atoms with van der Waals surface area (Å²) in [6, 6.07) is 4.98. The molecule has 0 saturated carbocycles. The maximum Gasteiger partial charge on any atom is 0.280 e. The molecule has 3 atom stereocenters. The average molecular weight is 541 g/mol. The first kappa shape index (κ1) is 25.6. The summed E-state index contributed by atoms with van der Waals surface area (Å²) in [5, 5.41) is 3.44. The van der Waals surface area contributed by atoms with Gasteiger partial charge in [-0.05, 0) is 37.8 Å². The minimum Gasteiger partial charge on any atom is -0.384 e. The van der Waals surface area contributed by atoms with Crippen LogP contribution in [0.3, 0.4) is 0 Å². The number of halogens is 2. The molecular weight excluding hydrogens is 502 g/mol. The summed E-state index contributed by atoms with van der Waals surface area (Å²) in [5.74, 6) is 0.722. The lowest BCUT2D eigenvalue weighted by atomic mass is 9.77. The first-order chi connectivity index (χ1) is 19.0.